The van der Waals surface area contributed by atoms with E-state index in [9.17, 15) is 4.79 Å². The predicted octanol–water partition coefficient (Wildman–Crippen LogP) is 1.99. The van der Waals surface area contributed by atoms with Crippen molar-refractivity contribution in [3.8, 4) is 5.75 Å². The molecule has 1 saturated heterocycles. The summed E-state index contributed by atoms with van der Waals surface area (Å²) >= 11 is 0. The number of hydrogen-bond donors (Lipinski definition) is 0. The number of carbonyl (C=O) groups excluding carboxylic acids is 1. The Morgan fingerprint density at radius 3 is 2.75 bits per heavy atom. The first-order chi connectivity index (χ1) is 7.66. The highest BCUT2D eigenvalue weighted by molar-refractivity contribution is 5.81. The third kappa shape index (κ3) is 2.35. The maximum Gasteiger partial charge on any atom is 0.263 e. The van der Waals surface area contributed by atoms with Gasteiger partial charge in [-0.2, -0.15) is 0 Å². The fourth-order valence-electron chi connectivity index (χ4n) is 1.74. The van der Waals surface area contributed by atoms with Crippen LogP contribution in [-0.4, -0.2) is 30.0 Å². The minimum Gasteiger partial charge on any atom is -0.481 e. The largest absolute Gasteiger partial charge is 0.481 e. The molecular formula is C13H17NO2. The normalized spacial score (nSPS) is 16.5. The first-order valence-electron chi connectivity index (χ1n) is 5.69. The molecule has 86 valence electrons. The summed E-state index contributed by atoms with van der Waals surface area (Å²) < 4.78 is 5.62. The number of nitrogens with zero attached hydrogens (tertiary/aromatic N) is 1. The van der Waals surface area contributed by atoms with Crippen LogP contribution in [0.2, 0.25) is 0 Å². The van der Waals surface area contributed by atoms with Gasteiger partial charge in [0.15, 0.2) is 6.10 Å². The van der Waals surface area contributed by atoms with E-state index in [2.05, 4.69) is 0 Å². The Kier molecular flexibility index (Phi) is 3.13. The summed E-state index contributed by atoms with van der Waals surface area (Å²) in [5, 5.41) is 0. The molecule has 0 aliphatic carbocycles. The van der Waals surface area contributed by atoms with Crippen LogP contribution in [0.5, 0.6) is 5.75 Å². The quantitative estimate of drug-likeness (QED) is 0.778. The van der Waals surface area contributed by atoms with Gasteiger partial charge in [-0.1, -0.05) is 12.1 Å². The molecule has 0 radical (unpaired) electrons. The van der Waals surface area contributed by atoms with Gasteiger partial charge < -0.3 is 9.64 Å². The highest BCUT2D eigenvalue weighted by atomic mass is 16.5. The molecule has 0 saturated carbocycles. The molecule has 3 nitrogen and oxygen atoms in total. The third-order valence-corrected chi connectivity index (χ3v) is 2.82. The molecule has 1 aliphatic heterocycles. The predicted molar refractivity (Wildman–Crippen MR) is 62.5 cm³/mol. The van der Waals surface area contributed by atoms with Gasteiger partial charge in [-0.15, -0.1) is 0 Å². The van der Waals surface area contributed by atoms with E-state index in [1.54, 1.807) is 0 Å². The number of carbonyl (C=O) groups is 1. The van der Waals surface area contributed by atoms with E-state index in [0.717, 1.165) is 30.8 Å². The molecule has 1 heterocycles. The summed E-state index contributed by atoms with van der Waals surface area (Å²) in [6.45, 7) is 5.57. The number of ether oxygens (including phenoxy) is 1. The zero-order valence-electron chi connectivity index (χ0n) is 9.77. The number of amides is 1. The van der Waals surface area contributed by atoms with E-state index in [4.69, 9.17) is 4.74 Å². The molecule has 0 spiro atoms. The topological polar surface area (TPSA) is 29.5 Å². The van der Waals surface area contributed by atoms with Crippen LogP contribution in [0.25, 0.3) is 0 Å². The Labute approximate surface area is 96.0 Å². The molecule has 0 bridgehead atoms. The van der Waals surface area contributed by atoms with Gasteiger partial charge in [0.2, 0.25) is 0 Å². The second kappa shape index (κ2) is 4.56. The van der Waals surface area contributed by atoms with Crippen molar-refractivity contribution in [1.29, 1.82) is 0 Å². The summed E-state index contributed by atoms with van der Waals surface area (Å²) in [7, 11) is 0. The summed E-state index contributed by atoms with van der Waals surface area (Å²) in [6.07, 6.45) is 0.727. The van der Waals surface area contributed by atoms with Gasteiger partial charge in [0.25, 0.3) is 5.91 Å². The van der Waals surface area contributed by atoms with Crippen LogP contribution in [0.1, 0.15) is 18.9 Å². The van der Waals surface area contributed by atoms with Crippen LogP contribution in [0, 0.1) is 6.92 Å². The van der Waals surface area contributed by atoms with Gasteiger partial charge in [-0.25, -0.2) is 0 Å². The van der Waals surface area contributed by atoms with Gasteiger partial charge >= 0.3 is 0 Å². The second-order valence-corrected chi connectivity index (χ2v) is 4.26. The Hall–Kier alpha value is -1.51. The molecule has 1 fully saturated rings. The summed E-state index contributed by atoms with van der Waals surface area (Å²) in [5.74, 6) is 0.856. The van der Waals surface area contributed by atoms with Gasteiger partial charge in [0.1, 0.15) is 5.75 Å². The summed E-state index contributed by atoms with van der Waals surface area (Å²) in [6, 6.07) is 7.77. The van der Waals surface area contributed by atoms with Gasteiger partial charge in [0, 0.05) is 13.1 Å². The van der Waals surface area contributed by atoms with Crippen LogP contribution in [0.15, 0.2) is 24.3 Å². The van der Waals surface area contributed by atoms with Crippen molar-refractivity contribution in [1.82, 2.24) is 4.90 Å². The lowest BCUT2D eigenvalue weighted by atomic mass is 10.2. The maximum absolute atomic E-state index is 11.8. The molecule has 1 atom stereocenters. The van der Waals surface area contributed by atoms with E-state index in [0.29, 0.717) is 0 Å². The monoisotopic (exact) mass is 219 g/mol. The van der Waals surface area contributed by atoms with Crippen LogP contribution in [0.3, 0.4) is 0 Å². The number of hydrogen-bond acceptors (Lipinski definition) is 2. The molecule has 1 unspecified atom stereocenters. The highest BCUT2D eigenvalue weighted by Crippen LogP contribution is 2.16. The second-order valence-electron chi connectivity index (χ2n) is 4.26. The minimum absolute atomic E-state index is 0.0905. The number of benzene rings is 1. The lowest BCUT2D eigenvalue weighted by Crippen LogP contribution is -2.47. The van der Waals surface area contributed by atoms with Crippen molar-refractivity contribution in [2.45, 2.75) is 26.4 Å². The van der Waals surface area contributed by atoms with Crippen molar-refractivity contribution in [3.63, 3.8) is 0 Å². The third-order valence-electron chi connectivity index (χ3n) is 2.82. The molecule has 3 heteroatoms. The zero-order chi connectivity index (χ0) is 11.5. The number of aryl methyl sites for hydroxylation is 1. The lowest BCUT2D eigenvalue weighted by molar-refractivity contribution is -0.141. The van der Waals surface area contributed by atoms with Crippen molar-refractivity contribution >= 4 is 5.91 Å². The average molecular weight is 219 g/mol. The molecule has 1 aliphatic rings. The molecular weight excluding hydrogens is 202 g/mol. The van der Waals surface area contributed by atoms with Crippen molar-refractivity contribution in [3.05, 3.63) is 29.8 Å². The van der Waals surface area contributed by atoms with Crippen molar-refractivity contribution in [2.75, 3.05) is 13.1 Å². The lowest BCUT2D eigenvalue weighted by Gasteiger charge is -2.33. The SMILES string of the molecule is Cc1cccc(OC(C)C(=O)N2CCC2)c1. The molecule has 1 aromatic rings. The summed E-state index contributed by atoms with van der Waals surface area (Å²) in [4.78, 5) is 13.6. The number of likely N-dealkylation sites (tertiary alicyclic amines) is 1. The van der Waals surface area contributed by atoms with Crippen LogP contribution in [-0.2, 0) is 4.79 Å². The average Bonchev–Trinajstić information content (AvgIpc) is 2.14. The Balaban J connectivity index is 1.95. The molecule has 16 heavy (non-hydrogen) atoms. The van der Waals surface area contributed by atoms with Gasteiger partial charge in [-0.3, -0.25) is 4.79 Å². The van der Waals surface area contributed by atoms with Gasteiger partial charge in [-0.05, 0) is 38.0 Å². The van der Waals surface area contributed by atoms with E-state index in [1.807, 2.05) is 43.0 Å². The molecule has 0 N–H and O–H groups in total. The van der Waals surface area contributed by atoms with E-state index < -0.39 is 0 Å². The van der Waals surface area contributed by atoms with E-state index >= 15 is 0 Å². The molecule has 1 amide bonds. The van der Waals surface area contributed by atoms with Crippen molar-refractivity contribution in [2.24, 2.45) is 0 Å². The molecule has 1 aromatic carbocycles. The first-order valence-corrected chi connectivity index (χ1v) is 5.69. The maximum atomic E-state index is 11.8. The molecule has 0 aromatic heterocycles. The number of rotatable bonds is 3. The highest BCUT2D eigenvalue weighted by Gasteiger charge is 2.26. The van der Waals surface area contributed by atoms with E-state index in [-0.39, 0.29) is 12.0 Å². The smallest absolute Gasteiger partial charge is 0.263 e. The Morgan fingerprint density at radius 2 is 2.19 bits per heavy atom. The van der Waals surface area contributed by atoms with Crippen molar-refractivity contribution < 1.29 is 9.53 Å². The standard InChI is InChI=1S/C13H17NO2/c1-10-5-3-6-12(9-10)16-11(2)13(15)14-7-4-8-14/h3,5-6,9,11H,4,7-8H2,1-2H3. The molecule has 2 rings (SSSR count). The zero-order valence-corrected chi connectivity index (χ0v) is 9.77. The van der Waals surface area contributed by atoms with E-state index in [1.165, 1.54) is 0 Å². The fraction of sp³-hybridized carbons (Fsp3) is 0.462. The Morgan fingerprint density at radius 1 is 1.44 bits per heavy atom. The first kappa shape index (κ1) is 11.0. The fourth-order valence-corrected chi connectivity index (χ4v) is 1.74. The Bertz CT molecular complexity index is 385. The minimum atomic E-state index is -0.387. The summed E-state index contributed by atoms with van der Waals surface area (Å²) in [5.41, 5.74) is 1.14. The van der Waals surface area contributed by atoms with Gasteiger partial charge in [0.05, 0.1) is 0 Å². The van der Waals surface area contributed by atoms with Crippen LogP contribution in [0.4, 0.5) is 0 Å². The van der Waals surface area contributed by atoms with Crippen LogP contribution >= 0.6 is 0 Å². The van der Waals surface area contributed by atoms with Crippen LogP contribution < -0.4 is 4.74 Å².